The zero-order valence-corrected chi connectivity index (χ0v) is 10.7. The first-order valence-electron chi connectivity index (χ1n) is 5.83. The number of hydrogen-bond acceptors (Lipinski definition) is 4. The Morgan fingerprint density at radius 2 is 2.06 bits per heavy atom. The topological polar surface area (TPSA) is 81.6 Å². The van der Waals surface area contributed by atoms with Crippen LogP contribution in [-0.4, -0.2) is 25.3 Å². The largest absolute Gasteiger partial charge is 0.446 e. The van der Waals surface area contributed by atoms with E-state index in [1.165, 1.54) is 0 Å². The van der Waals surface area contributed by atoms with E-state index in [2.05, 4.69) is 4.90 Å². The van der Waals surface area contributed by atoms with Crippen LogP contribution >= 0.6 is 11.6 Å². The quantitative estimate of drug-likeness (QED) is 0.805. The maximum atomic E-state index is 10.7. The first kappa shape index (κ1) is 12.8. The molecule has 0 radical (unpaired) electrons. The van der Waals surface area contributed by atoms with E-state index in [0.29, 0.717) is 10.7 Å². The number of para-hydroxylation sites is 1. The first-order valence-corrected chi connectivity index (χ1v) is 6.20. The van der Waals surface area contributed by atoms with Crippen LogP contribution in [0.3, 0.4) is 0 Å². The molecule has 0 atom stereocenters. The Bertz CT molecular complexity index is 425. The zero-order valence-electron chi connectivity index (χ0n) is 9.93. The van der Waals surface area contributed by atoms with Crippen molar-refractivity contribution < 1.29 is 9.53 Å². The number of primary amides is 1. The summed E-state index contributed by atoms with van der Waals surface area (Å²) in [5.41, 5.74) is 12.5. The van der Waals surface area contributed by atoms with Crippen LogP contribution in [0.4, 0.5) is 16.2 Å². The number of anilines is 2. The second-order valence-corrected chi connectivity index (χ2v) is 4.71. The van der Waals surface area contributed by atoms with Gasteiger partial charge >= 0.3 is 6.09 Å². The van der Waals surface area contributed by atoms with Crippen LogP contribution in [0.1, 0.15) is 12.8 Å². The second-order valence-electron chi connectivity index (χ2n) is 4.30. The van der Waals surface area contributed by atoms with E-state index in [0.717, 1.165) is 31.6 Å². The number of amides is 1. The summed E-state index contributed by atoms with van der Waals surface area (Å²) in [7, 11) is 0. The van der Waals surface area contributed by atoms with Crippen LogP contribution in [-0.2, 0) is 4.74 Å². The Kier molecular flexibility index (Phi) is 3.81. The lowest BCUT2D eigenvalue weighted by molar-refractivity contribution is 0.0913. The average molecular weight is 270 g/mol. The highest BCUT2D eigenvalue weighted by Crippen LogP contribution is 2.33. The molecule has 98 valence electrons. The van der Waals surface area contributed by atoms with Gasteiger partial charge in [0.05, 0.1) is 16.4 Å². The molecule has 0 unspecified atom stereocenters. The number of benzene rings is 1. The number of nitrogens with zero attached hydrogens (tertiary/aromatic N) is 1. The van der Waals surface area contributed by atoms with Gasteiger partial charge in [0.25, 0.3) is 0 Å². The molecule has 18 heavy (non-hydrogen) atoms. The molecule has 0 bridgehead atoms. The molecule has 1 aliphatic heterocycles. The van der Waals surface area contributed by atoms with Crippen molar-refractivity contribution in [3.05, 3.63) is 23.2 Å². The molecule has 1 saturated heterocycles. The van der Waals surface area contributed by atoms with Crippen molar-refractivity contribution in [1.29, 1.82) is 0 Å². The second kappa shape index (κ2) is 5.35. The standard InChI is InChI=1S/C12H16ClN3O2/c13-9-2-1-3-10(14)11(9)16-6-4-8(5-7-16)18-12(15)17/h1-3,8H,4-7,14H2,(H2,15,17). The molecule has 2 rings (SSSR count). The molecule has 1 heterocycles. The van der Waals surface area contributed by atoms with Crippen LogP contribution in [0.2, 0.25) is 5.02 Å². The average Bonchev–Trinajstić information content (AvgIpc) is 2.30. The molecule has 1 amide bonds. The normalized spacial score (nSPS) is 16.6. The third-order valence-electron chi connectivity index (χ3n) is 3.06. The van der Waals surface area contributed by atoms with Gasteiger partial charge in [-0.3, -0.25) is 0 Å². The molecular formula is C12H16ClN3O2. The van der Waals surface area contributed by atoms with E-state index in [1.807, 2.05) is 18.2 Å². The third-order valence-corrected chi connectivity index (χ3v) is 3.36. The monoisotopic (exact) mass is 269 g/mol. The van der Waals surface area contributed by atoms with Crippen molar-refractivity contribution in [3.8, 4) is 0 Å². The molecule has 0 aromatic heterocycles. The van der Waals surface area contributed by atoms with Gasteiger partial charge in [0.1, 0.15) is 6.10 Å². The SMILES string of the molecule is NC(=O)OC1CCN(c2c(N)cccc2Cl)CC1. The highest BCUT2D eigenvalue weighted by Gasteiger charge is 2.23. The minimum atomic E-state index is -0.717. The molecule has 6 heteroatoms. The summed E-state index contributed by atoms with van der Waals surface area (Å²) in [6.07, 6.45) is 0.634. The van der Waals surface area contributed by atoms with Crippen molar-refractivity contribution in [1.82, 2.24) is 0 Å². The molecule has 1 aromatic rings. The molecule has 1 aliphatic rings. The molecule has 0 spiro atoms. The Morgan fingerprint density at radius 1 is 1.39 bits per heavy atom. The van der Waals surface area contributed by atoms with Crippen molar-refractivity contribution in [2.75, 3.05) is 23.7 Å². The minimum Gasteiger partial charge on any atom is -0.446 e. The first-order chi connectivity index (χ1) is 8.58. The van der Waals surface area contributed by atoms with Gasteiger partial charge in [-0.15, -0.1) is 0 Å². The fourth-order valence-corrected chi connectivity index (χ4v) is 2.53. The predicted octanol–water partition coefficient (Wildman–Crippen LogP) is 1.99. The van der Waals surface area contributed by atoms with Gasteiger partial charge in [-0.2, -0.15) is 0 Å². The van der Waals surface area contributed by atoms with Crippen molar-refractivity contribution in [3.63, 3.8) is 0 Å². The van der Waals surface area contributed by atoms with Crippen LogP contribution in [0.5, 0.6) is 0 Å². The lowest BCUT2D eigenvalue weighted by atomic mass is 10.1. The number of nitrogen functional groups attached to an aromatic ring is 1. The van der Waals surface area contributed by atoms with E-state index < -0.39 is 6.09 Å². The molecule has 0 saturated carbocycles. The van der Waals surface area contributed by atoms with Gasteiger partial charge in [0, 0.05) is 25.9 Å². The maximum Gasteiger partial charge on any atom is 0.404 e. The number of carbonyl (C=O) groups excluding carboxylic acids is 1. The van der Waals surface area contributed by atoms with Crippen LogP contribution < -0.4 is 16.4 Å². The summed E-state index contributed by atoms with van der Waals surface area (Å²) >= 11 is 6.16. The number of hydrogen-bond donors (Lipinski definition) is 2. The fourth-order valence-electron chi connectivity index (χ4n) is 2.23. The molecule has 1 fully saturated rings. The van der Waals surface area contributed by atoms with Gasteiger partial charge in [0.15, 0.2) is 0 Å². The predicted molar refractivity (Wildman–Crippen MR) is 71.8 cm³/mol. The summed E-state index contributed by atoms with van der Waals surface area (Å²) < 4.78 is 4.98. The summed E-state index contributed by atoms with van der Waals surface area (Å²) in [5.74, 6) is 0. The highest BCUT2D eigenvalue weighted by atomic mass is 35.5. The van der Waals surface area contributed by atoms with Gasteiger partial charge in [-0.1, -0.05) is 17.7 Å². The van der Waals surface area contributed by atoms with E-state index in [-0.39, 0.29) is 6.10 Å². The lowest BCUT2D eigenvalue weighted by Crippen LogP contribution is -2.39. The third kappa shape index (κ3) is 2.79. The summed E-state index contributed by atoms with van der Waals surface area (Å²) in [6, 6.07) is 5.47. The summed E-state index contributed by atoms with van der Waals surface area (Å²) in [4.78, 5) is 12.8. The van der Waals surface area contributed by atoms with Gasteiger partial charge < -0.3 is 21.1 Å². The molecule has 1 aromatic carbocycles. The Labute approximate surface area is 111 Å². The highest BCUT2D eigenvalue weighted by molar-refractivity contribution is 6.34. The Hall–Kier alpha value is -1.62. The Morgan fingerprint density at radius 3 is 2.61 bits per heavy atom. The van der Waals surface area contributed by atoms with E-state index in [4.69, 9.17) is 27.8 Å². The van der Waals surface area contributed by atoms with Gasteiger partial charge in [0.2, 0.25) is 0 Å². The number of ether oxygens (including phenoxy) is 1. The molecule has 0 aliphatic carbocycles. The number of carbonyl (C=O) groups is 1. The minimum absolute atomic E-state index is 0.109. The van der Waals surface area contributed by atoms with Gasteiger partial charge in [-0.25, -0.2) is 4.79 Å². The van der Waals surface area contributed by atoms with Crippen LogP contribution in [0, 0.1) is 0 Å². The summed E-state index contributed by atoms with van der Waals surface area (Å²) in [6.45, 7) is 1.48. The molecule has 5 nitrogen and oxygen atoms in total. The molecular weight excluding hydrogens is 254 g/mol. The van der Waals surface area contributed by atoms with Crippen LogP contribution in [0.15, 0.2) is 18.2 Å². The Balaban J connectivity index is 2.03. The number of halogens is 1. The summed E-state index contributed by atoms with van der Waals surface area (Å²) in [5, 5.41) is 0.643. The number of piperidine rings is 1. The fraction of sp³-hybridized carbons (Fsp3) is 0.417. The number of rotatable bonds is 2. The van der Waals surface area contributed by atoms with E-state index >= 15 is 0 Å². The lowest BCUT2D eigenvalue weighted by Gasteiger charge is -2.34. The van der Waals surface area contributed by atoms with E-state index in [9.17, 15) is 4.79 Å². The van der Waals surface area contributed by atoms with Gasteiger partial charge in [-0.05, 0) is 12.1 Å². The number of nitrogens with two attached hydrogens (primary N) is 2. The molecule has 4 N–H and O–H groups in total. The van der Waals surface area contributed by atoms with Crippen molar-refractivity contribution in [2.24, 2.45) is 5.73 Å². The van der Waals surface area contributed by atoms with Crippen molar-refractivity contribution >= 4 is 29.1 Å². The van der Waals surface area contributed by atoms with E-state index in [1.54, 1.807) is 0 Å². The van der Waals surface area contributed by atoms with Crippen LogP contribution in [0.25, 0.3) is 0 Å². The van der Waals surface area contributed by atoms with Crippen molar-refractivity contribution in [2.45, 2.75) is 18.9 Å². The maximum absolute atomic E-state index is 10.7. The zero-order chi connectivity index (χ0) is 13.1. The smallest absolute Gasteiger partial charge is 0.404 e.